The van der Waals surface area contributed by atoms with Gasteiger partial charge in [0.25, 0.3) is 0 Å². The van der Waals surface area contributed by atoms with Crippen LogP contribution in [0.2, 0.25) is 0 Å². The first-order valence-corrected chi connectivity index (χ1v) is 7.23. The molecule has 1 aromatic carbocycles. The number of nitrogens with zero attached hydrogens (tertiary/aromatic N) is 1. The molecule has 1 aliphatic heterocycles. The van der Waals surface area contributed by atoms with Gasteiger partial charge < -0.3 is 10.1 Å². The van der Waals surface area contributed by atoms with Crippen molar-refractivity contribution in [2.24, 2.45) is 0 Å². The number of Topliss-reactive ketones (excluding diaryl/α,β-unsaturated/α-hetero) is 1. The van der Waals surface area contributed by atoms with Crippen molar-refractivity contribution < 1.29 is 14.3 Å². The molecule has 0 saturated carbocycles. The molecule has 0 radical (unpaired) electrons. The van der Waals surface area contributed by atoms with Gasteiger partial charge in [0.15, 0.2) is 5.78 Å². The highest BCUT2D eigenvalue weighted by atomic mass is 16.5. The number of amides is 1. The lowest BCUT2D eigenvalue weighted by Gasteiger charge is -2.39. The normalized spacial score (nSPS) is 24.3. The molecular weight excluding hydrogens is 268 g/mol. The molecule has 1 amide bonds. The second-order valence-corrected chi connectivity index (χ2v) is 5.54. The minimum Gasteiger partial charge on any atom is -0.373 e. The lowest BCUT2D eigenvalue weighted by molar-refractivity contribution is -0.123. The average Bonchev–Trinajstić information content (AvgIpc) is 2.43. The second-order valence-electron chi connectivity index (χ2n) is 5.54. The second kappa shape index (κ2) is 6.83. The van der Waals surface area contributed by atoms with Crippen LogP contribution in [0.1, 0.15) is 31.1 Å². The lowest BCUT2D eigenvalue weighted by atomic mass is 10.1. The number of rotatable bonds is 4. The van der Waals surface area contributed by atoms with Gasteiger partial charge in [-0.25, -0.2) is 0 Å². The minimum absolute atomic E-state index is 0.0357. The summed E-state index contributed by atoms with van der Waals surface area (Å²) < 4.78 is 5.69. The first-order chi connectivity index (χ1) is 9.97. The van der Waals surface area contributed by atoms with Crippen molar-refractivity contribution in [2.75, 3.05) is 13.1 Å². The molecule has 21 heavy (non-hydrogen) atoms. The molecule has 5 heteroatoms. The van der Waals surface area contributed by atoms with Gasteiger partial charge in [-0.15, -0.1) is 0 Å². The summed E-state index contributed by atoms with van der Waals surface area (Å²) in [6, 6.07) is 9.04. The van der Waals surface area contributed by atoms with Gasteiger partial charge in [-0.1, -0.05) is 30.3 Å². The molecule has 0 unspecified atom stereocenters. The van der Waals surface area contributed by atoms with E-state index in [9.17, 15) is 9.59 Å². The number of carbonyl (C=O) groups excluding carboxylic acids is 2. The van der Waals surface area contributed by atoms with Crippen LogP contribution in [-0.2, 0) is 9.53 Å². The van der Waals surface area contributed by atoms with Gasteiger partial charge in [-0.05, 0) is 13.8 Å². The van der Waals surface area contributed by atoms with Crippen LogP contribution >= 0.6 is 0 Å². The van der Waals surface area contributed by atoms with Crippen LogP contribution in [0.5, 0.6) is 0 Å². The Balaban J connectivity index is 2.21. The summed E-state index contributed by atoms with van der Waals surface area (Å²) in [6.07, 6.45) is -0.569. The molecule has 114 valence electrons. The summed E-state index contributed by atoms with van der Waals surface area (Å²) >= 11 is 0. The Morgan fingerprint density at radius 1 is 1.19 bits per heavy atom. The molecule has 5 nitrogen and oxygen atoms in total. The van der Waals surface area contributed by atoms with Crippen molar-refractivity contribution in [3.8, 4) is 0 Å². The molecule has 1 heterocycles. The smallest absolute Gasteiger partial charge is 0.218 e. The number of nitrogens with one attached hydrogen (secondary N) is 1. The van der Waals surface area contributed by atoms with E-state index in [0.717, 1.165) is 0 Å². The van der Waals surface area contributed by atoms with Crippen molar-refractivity contribution in [3.63, 3.8) is 0 Å². The minimum atomic E-state index is -0.640. The van der Waals surface area contributed by atoms with Crippen LogP contribution in [0, 0.1) is 0 Å². The van der Waals surface area contributed by atoms with Crippen LogP contribution in [0.25, 0.3) is 0 Å². The maximum absolute atomic E-state index is 12.7. The van der Waals surface area contributed by atoms with Crippen molar-refractivity contribution in [3.05, 3.63) is 35.9 Å². The standard InChI is InChI=1S/C16H22N2O3/c1-11-9-18(10-12(2)21-11)16(17-13(3)19)15(20)14-7-5-4-6-8-14/h4-8,11-12,16H,9-10H2,1-3H3,(H,17,19)/t11-,12-,16-/m0/s1. The molecule has 3 atom stereocenters. The van der Waals surface area contributed by atoms with E-state index in [1.165, 1.54) is 6.92 Å². The van der Waals surface area contributed by atoms with E-state index >= 15 is 0 Å². The number of hydrogen-bond donors (Lipinski definition) is 1. The summed E-state index contributed by atoms with van der Waals surface area (Å²) in [4.78, 5) is 26.2. The Bertz CT molecular complexity index is 494. The number of ketones is 1. The predicted octanol–water partition coefficient (Wildman–Crippen LogP) is 1.44. The number of benzene rings is 1. The molecule has 1 N–H and O–H groups in total. The lowest BCUT2D eigenvalue weighted by Crippen LogP contribution is -2.59. The Hall–Kier alpha value is -1.72. The van der Waals surface area contributed by atoms with E-state index in [0.29, 0.717) is 18.7 Å². The SMILES string of the molecule is CC(=O)N[C@H](C(=O)c1ccccc1)N1C[C@H](C)O[C@@H](C)C1. The molecule has 1 saturated heterocycles. The van der Waals surface area contributed by atoms with E-state index in [-0.39, 0.29) is 23.9 Å². The van der Waals surface area contributed by atoms with Gasteiger partial charge in [0.05, 0.1) is 12.2 Å². The number of hydrogen-bond acceptors (Lipinski definition) is 4. The third-order valence-corrected chi connectivity index (χ3v) is 3.46. The maximum atomic E-state index is 12.7. The molecular formula is C16H22N2O3. The molecule has 2 rings (SSSR count). The summed E-state index contributed by atoms with van der Waals surface area (Å²) in [6.45, 7) is 6.61. The monoisotopic (exact) mass is 290 g/mol. The predicted molar refractivity (Wildman–Crippen MR) is 80.0 cm³/mol. The zero-order chi connectivity index (χ0) is 15.4. The van der Waals surface area contributed by atoms with Gasteiger partial charge in [0.2, 0.25) is 5.91 Å². The molecule has 1 fully saturated rings. The number of carbonyl (C=O) groups is 2. The Morgan fingerprint density at radius 3 is 2.29 bits per heavy atom. The zero-order valence-corrected chi connectivity index (χ0v) is 12.7. The van der Waals surface area contributed by atoms with Crippen molar-refractivity contribution >= 4 is 11.7 Å². The van der Waals surface area contributed by atoms with E-state index in [4.69, 9.17) is 4.74 Å². The Morgan fingerprint density at radius 2 is 1.76 bits per heavy atom. The highest BCUT2D eigenvalue weighted by Gasteiger charge is 2.33. The fraction of sp³-hybridized carbons (Fsp3) is 0.500. The Kier molecular flexibility index (Phi) is 5.09. The number of ether oxygens (including phenoxy) is 1. The van der Waals surface area contributed by atoms with Crippen LogP contribution in [0.4, 0.5) is 0 Å². The van der Waals surface area contributed by atoms with E-state index < -0.39 is 6.17 Å². The van der Waals surface area contributed by atoms with Crippen LogP contribution in [-0.4, -0.2) is 48.1 Å². The van der Waals surface area contributed by atoms with Gasteiger partial charge in [-0.3, -0.25) is 14.5 Å². The molecule has 0 spiro atoms. The van der Waals surface area contributed by atoms with Crippen LogP contribution in [0.3, 0.4) is 0 Å². The van der Waals surface area contributed by atoms with Crippen LogP contribution < -0.4 is 5.32 Å². The third-order valence-electron chi connectivity index (χ3n) is 3.46. The summed E-state index contributed by atoms with van der Waals surface area (Å²) in [5.41, 5.74) is 0.600. The van der Waals surface area contributed by atoms with Gasteiger partial charge in [0, 0.05) is 25.6 Å². The van der Waals surface area contributed by atoms with Crippen molar-refractivity contribution in [1.82, 2.24) is 10.2 Å². The first-order valence-electron chi connectivity index (χ1n) is 7.23. The summed E-state index contributed by atoms with van der Waals surface area (Å²) in [5, 5.41) is 2.77. The number of morpholine rings is 1. The van der Waals surface area contributed by atoms with E-state index in [1.54, 1.807) is 12.1 Å². The molecule has 1 aromatic rings. The highest BCUT2D eigenvalue weighted by Crippen LogP contribution is 2.15. The zero-order valence-electron chi connectivity index (χ0n) is 12.7. The highest BCUT2D eigenvalue weighted by molar-refractivity contribution is 6.01. The molecule has 0 aromatic heterocycles. The largest absolute Gasteiger partial charge is 0.373 e. The maximum Gasteiger partial charge on any atom is 0.218 e. The Labute approximate surface area is 125 Å². The van der Waals surface area contributed by atoms with E-state index in [2.05, 4.69) is 5.32 Å². The topological polar surface area (TPSA) is 58.6 Å². The average molecular weight is 290 g/mol. The van der Waals surface area contributed by atoms with Gasteiger partial charge in [0.1, 0.15) is 6.17 Å². The van der Waals surface area contributed by atoms with E-state index in [1.807, 2.05) is 36.9 Å². The van der Waals surface area contributed by atoms with Crippen molar-refractivity contribution in [2.45, 2.75) is 39.1 Å². The molecule has 0 bridgehead atoms. The fourth-order valence-electron chi connectivity index (χ4n) is 2.70. The van der Waals surface area contributed by atoms with Crippen molar-refractivity contribution in [1.29, 1.82) is 0 Å². The third kappa shape index (κ3) is 4.12. The molecule has 0 aliphatic carbocycles. The van der Waals surface area contributed by atoms with Gasteiger partial charge >= 0.3 is 0 Å². The first kappa shape index (κ1) is 15.7. The fourth-order valence-corrected chi connectivity index (χ4v) is 2.70. The quantitative estimate of drug-likeness (QED) is 0.853. The summed E-state index contributed by atoms with van der Waals surface area (Å²) in [7, 11) is 0. The molecule has 1 aliphatic rings. The van der Waals surface area contributed by atoms with Crippen LogP contribution in [0.15, 0.2) is 30.3 Å². The summed E-state index contributed by atoms with van der Waals surface area (Å²) in [5.74, 6) is -0.303. The van der Waals surface area contributed by atoms with Gasteiger partial charge in [-0.2, -0.15) is 0 Å².